The number of hydrogen-bond donors (Lipinski definition) is 1. The Morgan fingerprint density at radius 1 is 1.26 bits per heavy atom. The number of carbonyl (C=O) groups excluding carboxylic acids is 1. The molecule has 2 aliphatic heterocycles. The van der Waals surface area contributed by atoms with Gasteiger partial charge in [-0.05, 0) is 51.1 Å². The van der Waals surface area contributed by atoms with E-state index in [-0.39, 0.29) is 17.9 Å². The van der Waals surface area contributed by atoms with Crippen LogP contribution in [0.4, 0.5) is 9.18 Å². The number of halogens is 1. The van der Waals surface area contributed by atoms with E-state index >= 15 is 0 Å². The molecular formula is C17H24FN3O2. The third kappa shape index (κ3) is 3.93. The molecule has 2 aliphatic rings. The molecule has 1 N–H and O–H groups in total. The predicted octanol–water partition coefficient (Wildman–Crippen LogP) is 2.39. The Hall–Kier alpha value is -1.82. The highest BCUT2D eigenvalue weighted by atomic mass is 19.1. The number of benzene rings is 1. The maximum atomic E-state index is 13.6. The Morgan fingerprint density at radius 2 is 2.13 bits per heavy atom. The standard InChI is InChI=1S/C17H24FN3O2/c1-20-7-3-8-21(10-9-20)17(22)19-15-4-2-11-23-16-6-5-13(18)12-14(15)16/h5-6,12,15H,2-4,7-11H2,1H3,(H,19,22). The van der Waals surface area contributed by atoms with Crippen LogP contribution in [0.3, 0.4) is 0 Å². The average molecular weight is 321 g/mol. The first-order chi connectivity index (χ1) is 11.1. The van der Waals surface area contributed by atoms with Crippen LogP contribution in [0.5, 0.6) is 5.75 Å². The highest BCUT2D eigenvalue weighted by Gasteiger charge is 2.25. The molecule has 6 heteroatoms. The van der Waals surface area contributed by atoms with Crippen molar-refractivity contribution < 1.29 is 13.9 Å². The first-order valence-electron chi connectivity index (χ1n) is 8.30. The molecule has 0 spiro atoms. The van der Waals surface area contributed by atoms with Crippen molar-refractivity contribution in [2.75, 3.05) is 39.8 Å². The Morgan fingerprint density at radius 3 is 3.00 bits per heavy atom. The van der Waals surface area contributed by atoms with Gasteiger partial charge in [0, 0.05) is 25.2 Å². The second-order valence-corrected chi connectivity index (χ2v) is 6.32. The van der Waals surface area contributed by atoms with Gasteiger partial charge in [-0.25, -0.2) is 9.18 Å². The molecule has 0 saturated carbocycles. The average Bonchev–Trinajstić information content (AvgIpc) is 2.86. The van der Waals surface area contributed by atoms with E-state index in [1.54, 1.807) is 6.07 Å². The van der Waals surface area contributed by atoms with Crippen LogP contribution in [-0.2, 0) is 0 Å². The summed E-state index contributed by atoms with van der Waals surface area (Å²) in [7, 11) is 2.07. The fourth-order valence-corrected chi connectivity index (χ4v) is 3.19. The highest BCUT2D eigenvalue weighted by Crippen LogP contribution is 2.32. The van der Waals surface area contributed by atoms with E-state index in [9.17, 15) is 9.18 Å². The Balaban J connectivity index is 1.72. The number of amides is 2. The van der Waals surface area contributed by atoms with Crippen LogP contribution in [0.15, 0.2) is 18.2 Å². The van der Waals surface area contributed by atoms with E-state index < -0.39 is 0 Å². The molecular weight excluding hydrogens is 297 g/mol. The lowest BCUT2D eigenvalue weighted by molar-refractivity contribution is 0.194. The van der Waals surface area contributed by atoms with Gasteiger partial charge in [-0.1, -0.05) is 0 Å². The van der Waals surface area contributed by atoms with Crippen molar-refractivity contribution in [3.8, 4) is 5.75 Å². The van der Waals surface area contributed by atoms with Crippen LogP contribution in [0.1, 0.15) is 30.9 Å². The Kier molecular flexibility index (Phi) is 5.00. The summed E-state index contributed by atoms with van der Waals surface area (Å²) >= 11 is 0. The zero-order valence-corrected chi connectivity index (χ0v) is 13.6. The monoisotopic (exact) mass is 321 g/mol. The van der Waals surface area contributed by atoms with Crippen LogP contribution in [0.2, 0.25) is 0 Å². The fourth-order valence-electron chi connectivity index (χ4n) is 3.19. The molecule has 0 radical (unpaired) electrons. The van der Waals surface area contributed by atoms with E-state index in [1.807, 2.05) is 4.90 Å². The number of likely N-dealkylation sites (N-methyl/N-ethyl adjacent to an activating group) is 1. The minimum atomic E-state index is -0.301. The van der Waals surface area contributed by atoms with Crippen molar-refractivity contribution in [2.24, 2.45) is 0 Å². The topological polar surface area (TPSA) is 44.8 Å². The summed E-state index contributed by atoms with van der Waals surface area (Å²) in [6.07, 6.45) is 2.57. The van der Waals surface area contributed by atoms with Gasteiger partial charge in [0.1, 0.15) is 11.6 Å². The van der Waals surface area contributed by atoms with Gasteiger partial charge in [0.2, 0.25) is 0 Å². The van der Waals surface area contributed by atoms with E-state index in [0.29, 0.717) is 12.4 Å². The predicted molar refractivity (Wildman–Crippen MR) is 86.1 cm³/mol. The van der Waals surface area contributed by atoms with Gasteiger partial charge >= 0.3 is 6.03 Å². The van der Waals surface area contributed by atoms with Gasteiger partial charge in [0.05, 0.1) is 12.6 Å². The molecule has 2 heterocycles. The van der Waals surface area contributed by atoms with Crippen molar-refractivity contribution >= 4 is 6.03 Å². The second kappa shape index (κ2) is 7.17. The highest BCUT2D eigenvalue weighted by molar-refractivity contribution is 5.75. The van der Waals surface area contributed by atoms with E-state index in [2.05, 4.69) is 17.3 Å². The molecule has 0 aromatic heterocycles. The maximum Gasteiger partial charge on any atom is 0.317 e. The Labute approximate surface area is 136 Å². The number of urea groups is 1. The number of rotatable bonds is 1. The summed E-state index contributed by atoms with van der Waals surface area (Å²) in [5, 5.41) is 3.08. The van der Waals surface area contributed by atoms with Gasteiger partial charge in [0.25, 0.3) is 0 Å². The number of fused-ring (bicyclic) bond motifs is 1. The van der Waals surface area contributed by atoms with E-state index in [1.165, 1.54) is 12.1 Å². The van der Waals surface area contributed by atoms with Crippen molar-refractivity contribution in [1.82, 2.24) is 15.1 Å². The second-order valence-electron chi connectivity index (χ2n) is 6.32. The molecule has 1 unspecified atom stereocenters. The van der Waals surface area contributed by atoms with Crippen molar-refractivity contribution in [3.05, 3.63) is 29.6 Å². The largest absolute Gasteiger partial charge is 0.493 e. The number of ether oxygens (including phenoxy) is 1. The number of nitrogens with zero attached hydrogens (tertiary/aromatic N) is 2. The summed E-state index contributed by atoms with van der Waals surface area (Å²) < 4.78 is 19.3. The first-order valence-corrected chi connectivity index (χ1v) is 8.30. The van der Waals surface area contributed by atoms with Gasteiger partial charge in [-0.3, -0.25) is 0 Å². The van der Waals surface area contributed by atoms with Crippen LogP contribution < -0.4 is 10.1 Å². The molecule has 3 rings (SSSR count). The van der Waals surface area contributed by atoms with Crippen LogP contribution >= 0.6 is 0 Å². The van der Waals surface area contributed by atoms with Crippen LogP contribution in [0, 0.1) is 5.82 Å². The molecule has 1 fully saturated rings. The molecule has 0 bridgehead atoms. The molecule has 2 amide bonds. The molecule has 0 aliphatic carbocycles. The third-order valence-electron chi connectivity index (χ3n) is 4.55. The van der Waals surface area contributed by atoms with Gasteiger partial charge < -0.3 is 19.9 Å². The lowest BCUT2D eigenvalue weighted by Crippen LogP contribution is -2.43. The molecule has 1 aromatic rings. The summed E-state index contributed by atoms with van der Waals surface area (Å²) in [6, 6.07) is 4.25. The molecule has 1 aromatic carbocycles. The number of nitrogens with one attached hydrogen (secondary N) is 1. The minimum absolute atomic E-state index is 0.0672. The molecule has 23 heavy (non-hydrogen) atoms. The maximum absolute atomic E-state index is 13.6. The van der Waals surface area contributed by atoms with Gasteiger partial charge in [-0.2, -0.15) is 0 Å². The third-order valence-corrected chi connectivity index (χ3v) is 4.55. The SMILES string of the molecule is CN1CCCN(C(=O)NC2CCCOc3ccc(F)cc32)CC1. The molecule has 126 valence electrons. The smallest absolute Gasteiger partial charge is 0.317 e. The summed E-state index contributed by atoms with van der Waals surface area (Å²) in [5.74, 6) is 0.370. The van der Waals surface area contributed by atoms with Crippen LogP contribution in [-0.4, -0.2) is 55.7 Å². The normalized spacial score (nSPS) is 22.5. The van der Waals surface area contributed by atoms with Crippen molar-refractivity contribution in [1.29, 1.82) is 0 Å². The first kappa shape index (κ1) is 16.1. The number of hydrogen-bond acceptors (Lipinski definition) is 3. The molecule has 1 atom stereocenters. The Bertz CT molecular complexity index is 567. The van der Waals surface area contributed by atoms with Gasteiger partial charge in [0.15, 0.2) is 0 Å². The lowest BCUT2D eigenvalue weighted by atomic mass is 10.0. The minimum Gasteiger partial charge on any atom is -0.493 e. The fraction of sp³-hybridized carbons (Fsp3) is 0.588. The zero-order valence-electron chi connectivity index (χ0n) is 13.6. The summed E-state index contributed by atoms with van der Waals surface area (Å²) in [5.41, 5.74) is 0.739. The molecule has 5 nitrogen and oxygen atoms in total. The van der Waals surface area contributed by atoms with E-state index in [4.69, 9.17) is 4.74 Å². The summed E-state index contributed by atoms with van der Waals surface area (Å²) in [4.78, 5) is 16.7. The quantitative estimate of drug-likeness (QED) is 0.864. The van der Waals surface area contributed by atoms with Crippen molar-refractivity contribution in [2.45, 2.75) is 25.3 Å². The van der Waals surface area contributed by atoms with Crippen LogP contribution in [0.25, 0.3) is 0 Å². The number of carbonyl (C=O) groups is 1. The lowest BCUT2D eigenvalue weighted by Gasteiger charge is -2.25. The van der Waals surface area contributed by atoms with E-state index in [0.717, 1.165) is 51.0 Å². The van der Waals surface area contributed by atoms with Gasteiger partial charge in [-0.15, -0.1) is 0 Å². The molecule has 1 saturated heterocycles. The zero-order chi connectivity index (χ0) is 16.2. The summed E-state index contributed by atoms with van der Waals surface area (Å²) in [6.45, 7) is 3.97. The van der Waals surface area contributed by atoms with Crippen molar-refractivity contribution in [3.63, 3.8) is 0 Å².